The smallest absolute Gasteiger partial charge is 0.227 e. The maximum Gasteiger partial charge on any atom is 0.227 e. The van der Waals surface area contributed by atoms with Gasteiger partial charge in [0, 0.05) is 17.5 Å². The number of rotatable bonds is 3. The summed E-state index contributed by atoms with van der Waals surface area (Å²) in [5, 5.41) is 1.78. The summed E-state index contributed by atoms with van der Waals surface area (Å²) in [6, 6.07) is 12.4. The van der Waals surface area contributed by atoms with Crippen LogP contribution in [-0.4, -0.2) is 4.98 Å². The first-order valence-electron chi connectivity index (χ1n) is 6.55. The lowest BCUT2D eigenvalue weighted by molar-refractivity contribution is 0.432. The average molecular weight is 302 g/mol. The molecule has 1 heterocycles. The van der Waals surface area contributed by atoms with Gasteiger partial charge < -0.3 is 4.74 Å². The van der Waals surface area contributed by atoms with E-state index in [1.165, 1.54) is 6.07 Å². The Hall–Kier alpha value is -2.13. The first kappa shape index (κ1) is 13.8. The summed E-state index contributed by atoms with van der Waals surface area (Å²) in [5.41, 5.74) is 1.84. The van der Waals surface area contributed by atoms with Gasteiger partial charge >= 0.3 is 0 Å². The second-order valence-corrected chi connectivity index (χ2v) is 5.07. The summed E-state index contributed by atoms with van der Waals surface area (Å²) in [7, 11) is 0. The molecule has 0 spiro atoms. The summed E-state index contributed by atoms with van der Waals surface area (Å²) in [6.45, 7) is 1.88. The molecule has 0 amide bonds. The lowest BCUT2D eigenvalue weighted by Gasteiger charge is -2.11. The molecule has 0 aliphatic heterocycles. The normalized spacial score (nSPS) is 10.8. The molecule has 0 aliphatic rings. The molecule has 0 saturated heterocycles. The van der Waals surface area contributed by atoms with Crippen LogP contribution in [0.2, 0.25) is 0 Å². The van der Waals surface area contributed by atoms with Crippen molar-refractivity contribution in [3.63, 3.8) is 0 Å². The lowest BCUT2D eigenvalue weighted by Crippen LogP contribution is -1.94. The van der Waals surface area contributed by atoms with Crippen LogP contribution in [0.25, 0.3) is 10.8 Å². The fraction of sp³-hybridized carbons (Fsp3) is 0.118. The minimum atomic E-state index is -0.409. The first-order chi connectivity index (χ1) is 10.2. The van der Waals surface area contributed by atoms with Crippen molar-refractivity contribution in [2.24, 2.45) is 0 Å². The maximum atomic E-state index is 13.8. The topological polar surface area (TPSA) is 22.1 Å². The Morgan fingerprint density at radius 2 is 1.90 bits per heavy atom. The standard InChI is InChI=1S/C17H13ClFNO/c1-11-6-7-15(19)16(8-11)21-17-14-5-3-2-4-13(14)12(9-18)10-20-17/h2-8,10H,9H2,1H3. The minimum absolute atomic E-state index is 0.172. The van der Waals surface area contributed by atoms with Gasteiger partial charge in [-0.3, -0.25) is 0 Å². The van der Waals surface area contributed by atoms with Crippen molar-refractivity contribution in [2.45, 2.75) is 12.8 Å². The number of alkyl halides is 1. The van der Waals surface area contributed by atoms with E-state index in [4.69, 9.17) is 16.3 Å². The number of aromatic nitrogens is 1. The molecule has 1 aromatic heterocycles. The van der Waals surface area contributed by atoms with Gasteiger partial charge in [0.15, 0.2) is 11.6 Å². The van der Waals surface area contributed by atoms with Crippen molar-refractivity contribution in [1.82, 2.24) is 4.98 Å². The van der Waals surface area contributed by atoms with Gasteiger partial charge in [0.1, 0.15) is 0 Å². The zero-order chi connectivity index (χ0) is 14.8. The number of halogens is 2. The molecule has 2 nitrogen and oxygen atoms in total. The van der Waals surface area contributed by atoms with Crippen molar-refractivity contribution >= 4 is 22.4 Å². The summed E-state index contributed by atoms with van der Waals surface area (Å²) >= 11 is 5.92. The quantitative estimate of drug-likeness (QED) is 0.619. The molecule has 21 heavy (non-hydrogen) atoms. The minimum Gasteiger partial charge on any atom is -0.435 e. The number of nitrogens with zero attached hydrogens (tertiary/aromatic N) is 1. The van der Waals surface area contributed by atoms with Crippen molar-refractivity contribution in [3.8, 4) is 11.6 Å². The van der Waals surface area contributed by atoms with E-state index in [9.17, 15) is 4.39 Å². The third kappa shape index (κ3) is 2.69. The fourth-order valence-corrected chi connectivity index (χ4v) is 2.42. The molecule has 0 radical (unpaired) electrons. The number of hydrogen-bond donors (Lipinski definition) is 0. The van der Waals surface area contributed by atoms with E-state index < -0.39 is 5.82 Å². The van der Waals surface area contributed by atoms with E-state index in [-0.39, 0.29) is 5.75 Å². The van der Waals surface area contributed by atoms with Crippen LogP contribution in [0, 0.1) is 12.7 Å². The van der Waals surface area contributed by atoms with Crippen LogP contribution in [0.15, 0.2) is 48.7 Å². The zero-order valence-corrected chi connectivity index (χ0v) is 12.2. The maximum absolute atomic E-state index is 13.8. The van der Waals surface area contributed by atoms with Gasteiger partial charge in [-0.25, -0.2) is 9.37 Å². The molecule has 2 aromatic carbocycles. The molecule has 3 aromatic rings. The van der Waals surface area contributed by atoms with Crippen LogP contribution >= 0.6 is 11.6 Å². The van der Waals surface area contributed by atoms with Gasteiger partial charge in [0.25, 0.3) is 0 Å². The molecular weight excluding hydrogens is 289 g/mol. The average Bonchev–Trinajstić information content (AvgIpc) is 2.51. The Balaban J connectivity index is 2.11. The van der Waals surface area contributed by atoms with Crippen molar-refractivity contribution in [2.75, 3.05) is 0 Å². The van der Waals surface area contributed by atoms with Gasteiger partial charge in [0.2, 0.25) is 5.88 Å². The van der Waals surface area contributed by atoms with Gasteiger partial charge in [0.05, 0.1) is 0 Å². The Morgan fingerprint density at radius 3 is 2.67 bits per heavy atom. The monoisotopic (exact) mass is 301 g/mol. The molecule has 0 saturated carbocycles. The summed E-state index contributed by atoms with van der Waals surface area (Å²) in [6.07, 6.45) is 1.67. The Labute approximate surface area is 127 Å². The van der Waals surface area contributed by atoms with Gasteiger partial charge in [-0.2, -0.15) is 0 Å². The van der Waals surface area contributed by atoms with Crippen LogP contribution < -0.4 is 4.74 Å². The Kier molecular flexibility index (Phi) is 3.76. The Bertz CT molecular complexity index is 804. The summed E-state index contributed by atoms with van der Waals surface area (Å²) in [5.74, 6) is 0.509. The lowest BCUT2D eigenvalue weighted by atomic mass is 10.1. The second kappa shape index (κ2) is 5.70. The predicted octanol–water partition coefficient (Wildman–Crippen LogP) is 5.21. The van der Waals surface area contributed by atoms with E-state index in [0.29, 0.717) is 11.8 Å². The number of pyridine rings is 1. The third-order valence-electron chi connectivity index (χ3n) is 3.28. The van der Waals surface area contributed by atoms with Gasteiger partial charge in [-0.05, 0) is 41.6 Å². The van der Waals surface area contributed by atoms with E-state index in [2.05, 4.69) is 4.98 Å². The molecule has 106 valence electrons. The zero-order valence-electron chi connectivity index (χ0n) is 11.4. The van der Waals surface area contributed by atoms with Crippen LogP contribution in [0.4, 0.5) is 4.39 Å². The van der Waals surface area contributed by atoms with Crippen LogP contribution in [0.5, 0.6) is 11.6 Å². The van der Waals surface area contributed by atoms with E-state index >= 15 is 0 Å². The second-order valence-electron chi connectivity index (χ2n) is 4.80. The van der Waals surface area contributed by atoms with Crippen LogP contribution in [0.3, 0.4) is 0 Å². The van der Waals surface area contributed by atoms with E-state index in [1.54, 1.807) is 18.3 Å². The fourth-order valence-electron chi connectivity index (χ4n) is 2.21. The SMILES string of the molecule is Cc1ccc(F)c(Oc2ncc(CCl)c3ccccc23)c1. The van der Waals surface area contributed by atoms with Gasteiger partial charge in [-0.15, -0.1) is 11.6 Å². The molecule has 0 aliphatic carbocycles. The summed E-state index contributed by atoms with van der Waals surface area (Å²) in [4.78, 5) is 4.27. The van der Waals surface area contributed by atoms with E-state index in [0.717, 1.165) is 21.9 Å². The van der Waals surface area contributed by atoms with Crippen LogP contribution in [0.1, 0.15) is 11.1 Å². The highest BCUT2D eigenvalue weighted by Gasteiger charge is 2.11. The van der Waals surface area contributed by atoms with Crippen molar-refractivity contribution in [1.29, 1.82) is 0 Å². The Morgan fingerprint density at radius 1 is 1.14 bits per heavy atom. The molecular formula is C17H13ClFNO. The molecule has 0 fully saturated rings. The highest BCUT2D eigenvalue weighted by molar-refractivity contribution is 6.18. The van der Waals surface area contributed by atoms with Gasteiger partial charge in [-0.1, -0.05) is 24.3 Å². The highest BCUT2D eigenvalue weighted by atomic mass is 35.5. The van der Waals surface area contributed by atoms with Crippen molar-refractivity contribution < 1.29 is 9.13 Å². The number of benzene rings is 2. The van der Waals surface area contributed by atoms with Crippen LogP contribution in [-0.2, 0) is 5.88 Å². The van der Waals surface area contributed by atoms with Crippen molar-refractivity contribution in [3.05, 3.63) is 65.6 Å². The molecule has 4 heteroatoms. The number of aryl methyl sites for hydroxylation is 1. The largest absolute Gasteiger partial charge is 0.435 e. The molecule has 0 atom stereocenters. The number of fused-ring (bicyclic) bond motifs is 1. The number of ether oxygens (including phenoxy) is 1. The third-order valence-corrected chi connectivity index (χ3v) is 3.57. The highest BCUT2D eigenvalue weighted by Crippen LogP contribution is 2.31. The molecule has 0 bridgehead atoms. The first-order valence-corrected chi connectivity index (χ1v) is 7.09. The summed E-state index contributed by atoms with van der Waals surface area (Å²) < 4.78 is 19.5. The van der Waals surface area contributed by atoms with E-state index in [1.807, 2.05) is 31.2 Å². The molecule has 3 rings (SSSR count). The predicted molar refractivity (Wildman–Crippen MR) is 82.5 cm³/mol. The number of hydrogen-bond acceptors (Lipinski definition) is 2. The molecule has 0 unspecified atom stereocenters. The molecule has 0 N–H and O–H groups in total.